The Hall–Kier alpha value is -6.41. The van der Waals surface area contributed by atoms with Crippen LogP contribution in [0.2, 0.25) is 0 Å². The summed E-state index contributed by atoms with van der Waals surface area (Å²) in [6, 6.07) is 15.0. The first-order valence-corrected chi connectivity index (χ1v) is 28.5. The summed E-state index contributed by atoms with van der Waals surface area (Å²) in [5.41, 5.74) is -2.80. The molecule has 4 aliphatic rings. The molecule has 0 aliphatic carbocycles. The van der Waals surface area contributed by atoms with E-state index in [-0.39, 0.29) is 41.4 Å². The molecule has 4 fully saturated rings. The van der Waals surface area contributed by atoms with Gasteiger partial charge in [0, 0.05) is 84.7 Å². The third-order valence-corrected chi connectivity index (χ3v) is 16.1. The van der Waals surface area contributed by atoms with Crippen molar-refractivity contribution >= 4 is 49.5 Å². The van der Waals surface area contributed by atoms with E-state index in [1.54, 1.807) is 50.9 Å². The molecule has 4 aliphatic heterocycles. The third-order valence-electron chi connectivity index (χ3n) is 15.1. The van der Waals surface area contributed by atoms with E-state index in [2.05, 4.69) is 33.9 Å². The molecule has 0 bridgehead atoms. The smallest absolute Gasteiger partial charge is 0.473 e. The Morgan fingerprint density at radius 2 is 0.988 bits per heavy atom. The van der Waals surface area contributed by atoms with Crippen LogP contribution in [0.15, 0.2) is 60.7 Å². The van der Waals surface area contributed by atoms with Crippen LogP contribution in [0, 0.1) is 11.6 Å². The van der Waals surface area contributed by atoms with Gasteiger partial charge < -0.3 is 47.5 Å². The van der Waals surface area contributed by atoms with Gasteiger partial charge in [0.05, 0.1) is 54.3 Å². The topological polar surface area (TPSA) is 181 Å². The van der Waals surface area contributed by atoms with Crippen molar-refractivity contribution in [2.45, 2.75) is 121 Å². The maximum atomic E-state index is 13.7. The Bertz CT molecular complexity index is 3190. The van der Waals surface area contributed by atoms with Crippen LogP contribution in [0.25, 0.3) is 33.4 Å². The van der Waals surface area contributed by atoms with Crippen LogP contribution in [-0.2, 0) is 24.3 Å². The molecular formula is C55H69F5N10O9S. The monoisotopic (exact) mass is 1140 g/mol. The van der Waals surface area contributed by atoms with Crippen molar-refractivity contribution < 1.29 is 63.0 Å². The van der Waals surface area contributed by atoms with Crippen molar-refractivity contribution in [3.8, 4) is 29.0 Å². The molecule has 2 aromatic carbocycles. The van der Waals surface area contributed by atoms with Crippen LogP contribution in [0.1, 0.15) is 89.5 Å². The predicted octanol–water partition coefficient (Wildman–Crippen LogP) is 8.87. The first-order valence-electron chi connectivity index (χ1n) is 27.1. The molecule has 4 aromatic heterocycles. The second-order valence-electron chi connectivity index (χ2n) is 21.0. The van der Waals surface area contributed by atoms with Gasteiger partial charge in [-0.05, 0) is 134 Å². The molecule has 0 radical (unpaired) electrons. The number of hydrogen-bond acceptors (Lipinski definition) is 17. The maximum Gasteiger partial charge on any atom is 0.534 e. The van der Waals surface area contributed by atoms with E-state index in [9.17, 15) is 35.2 Å². The van der Waals surface area contributed by atoms with Gasteiger partial charge in [-0.3, -0.25) is 0 Å². The molecule has 0 spiro atoms. The number of esters is 1. The number of alkyl halides is 3. The summed E-state index contributed by atoms with van der Waals surface area (Å²) in [6.45, 7) is 14.2. The number of methoxy groups -OCH3 is 3. The Labute approximate surface area is 461 Å². The molecule has 0 saturated carbocycles. The number of nitrogens with zero attached hydrogens (tertiary/aromatic N) is 10. The molecule has 4 saturated heterocycles. The van der Waals surface area contributed by atoms with Crippen LogP contribution in [0.5, 0.6) is 17.6 Å². The number of carbonyl (C=O) groups excluding carboxylic acids is 1. The summed E-state index contributed by atoms with van der Waals surface area (Å²) >= 11 is 0. The fourth-order valence-corrected chi connectivity index (χ4v) is 11.5. The van der Waals surface area contributed by atoms with Gasteiger partial charge in [0.25, 0.3) is 0 Å². The zero-order valence-corrected chi connectivity index (χ0v) is 46.8. The fraction of sp³-hybridized carbons (Fsp3) is 0.545. The summed E-state index contributed by atoms with van der Waals surface area (Å²) < 4.78 is 127. The molecule has 80 heavy (non-hydrogen) atoms. The maximum absolute atomic E-state index is 13.7. The lowest BCUT2D eigenvalue weighted by Crippen LogP contribution is -2.48. The summed E-state index contributed by atoms with van der Waals surface area (Å²) in [5, 5.41) is 10.3. The number of piperidine rings is 4. The Morgan fingerprint density at radius 1 is 0.588 bits per heavy atom. The summed E-state index contributed by atoms with van der Waals surface area (Å²) in [5.74, 6) is -1.55. The molecule has 8 heterocycles. The van der Waals surface area contributed by atoms with Crippen LogP contribution >= 0.6 is 0 Å². The zero-order chi connectivity index (χ0) is 57.0. The van der Waals surface area contributed by atoms with Gasteiger partial charge in [-0.25, -0.2) is 27.9 Å². The van der Waals surface area contributed by atoms with Crippen molar-refractivity contribution in [1.82, 2.24) is 39.3 Å². The van der Waals surface area contributed by atoms with E-state index in [1.165, 1.54) is 54.3 Å². The van der Waals surface area contributed by atoms with Crippen molar-refractivity contribution in [2.75, 3.05) is 83.5 Å². The minimum absolute atomic E-state index is 0.00546. The Morgan fingerprint density at radius 3 is 1.36 bits per heavy atom. The van der Waals surface area contributed by atoms with E-state index in [0.717, 1.165) is 102 Å². The van der Waals surface area contributed by atoms with E-state index < -0.39 is 33.3 Å². The van der Waals surface area contributed by atoms with Gasteiger partial charge in [-0.15, -0.1) is 10.2 Å². The molecule has 10 rings (SSSR count). The highest BCUT2D eigenvalue weighted by Crippen LogP contribution is 2.42. The fourth-order valence-electron chi connectivity index (χ4n) is 11.1. The molecule has 0 atom stereocenters. The number of aromatic nitrogens is 6. The minimum Gasteiger partial charge on any atom is -0.473 e. The van der Waals surface area contributed by atoms with Gasteiger partial charge in [0.1, 0.15) is 22.4 Å². The zero-order valence-electron chi connectivity index (χ0n) is 46.0. The van der Waals surface area contributed by atoms with Gasteiger partial charge in [-0.1, -0.05) is 0 Å². The summed E-state index contributed by atoms with van der Waals surface area (Å²) in [4.78, 5) is 30.7. The number of anilines is 2. The number of carbonyl (C=O) groups is 1. The van der Waals surface area contributed by atoms with E-state index in [1.807, 2.05) is 18.7 Å². The Balaban J connectivity index is 0.000000195. The number of pyridine rings is 2. The quantitative estimate of drug-likeness (QED) is 0.0411. The second kappa shape index (κ2) is 24.8. The van der Waals surface area contributed by atoms with Crippen molar-refractivity contribution in [2.24, 2.45) is 0 Å². The highest BCUT2D eigenvalue weighted by molar-refractivity contribution is 7.88. The van der Waals surface area contributed by atoms with Crippen LogP contribution in [0.4, 0.5) is 33.3 Å². The van der Waals surface area contributed by atoms with E-state index >= 15 is 0 Å². The van der Waals surface area contributed by atoms with Crippen molar-refractivity contribution in [3.63, 3.8) is 0 Å². The number of likely N-dealkylation sites (tertiary alicyclic amines) is 2. The van der Waals surface area contributed by atoms with E-state index in [0.29, 0.717) is 65.3 Å². The van der Waals surface area contributed by atoms with E-state index in [4.69, 9.17) is 28.8 Å². The van der Waals surface area contributed by atoms with Gasteiger partial charge in [-0.2, -0.15) is 26.6 Å². The van der Waals surface area contributed by atoms with Gasteiger partial charge >= 0.3 is 21.6 Å². The van der Waals surface area contributed by atoms with Crippen LogP contribution < -0.4 is 23.5 Å². The van der Waals surface area contributed by atoms with Crippen LogP contribution in [0.3, 0.4) is 0 Å². The first kappa shape index (κ1) is 58.3. The molecule has 25 heteroatoms. The number of rotatable bonds is 15. The largest absolute Gasteiger partial charge is 0.534 e. The number of halogens is 5. The van der Waals surface area contributed by atoms with Gasteiger partial charge in [0.2, 0.25) is 17.6 Å². The van der Waals surface area contributed by atoms with Gasteiger partial charge in [0.15, 0.2) is 17.0 Å². The molecule has 434 valence electrons. The molecule has 6 aromatic rings. The molecule has 19 nitrogen and oxygen atoms in total. The third kappa shape index (κ3) is 13.0. The highest BCUT2D eigenvalue weighted by atomic mass is 32.2. The van der Waals surface area contributed by atoms with Crippen LogP contribution in [-0.4, -0.2) is 169 Å². The lowest BCUT2D eigenvalue weighted by molar-refractivity contribution is -0.0501. The standard InChI is InChI=1S/C28H36FN5O4.C27H33F4N5O5S/c1-18(2)38-27-25-24(33-13-9-20(10-14-33)32-15-11-22(36-3)12-16-32)17-23(28(35)37-4)30-26(25)34(31-27)21-7-5-19(29)6-8-21;1-17(2)40-26-24-22(35-12-8-19(9-13-35)34-14-10-21(39-3)11-15-34)16-23(41-42(37,38)27(29,30)31)32-25(24)36(33-26)20-6-4-18(28)5-7-20/h5-8,17-18,20,22H,9-16H2,1-4H3;4-7,16-17,19,21H,8-15H2,1-3H3. The first-order chi connectivity index (χ1) is 38.2. The van der Waals surface area contributed by atoms with Crippen molar-refractivity contribution in [1.29, 1.82) is 0 Å². The lowest BCUT2D eigenvalue weighted by Gasteiger charge is -2.42. The summed E-state index contributed by atoms with van der Waals surface area (Å²) in [7, 11) is -1.13. The molecule has 0 N–H and O–H groups in total. The second-order valence-corrected chi connectivity index (χ2v) is 22.5. The number of hydrogen-bond donors (Lipinski definition) is 0. The Kier molecular flexibility index (Phi) is 18.0. The van der Waals surface area contributed by atoms with Crippen molar-refractivity contribution in [3.05, 3.63) is 78.0 Å². The molecule has 0 unspecified atom stereocenters. The number of benzene rings is 2. The minimum atomic E-state index is -6.00. The molecular weight excluding hydrogens is 1070 g/mol. The average Bonchev–Trinajstić information content (AvgIpc) is 4.07. The lowest BCUT2D eigenvalue weighted by atomic mass is 9.98. The average molecular weight is 1140 g/mol. The predicted molar refractivity (Wildman–Crippen MR) is 290 cm³/mol. The highest BCUT2D eigenvalue weighted by Gasteiger charge is 2.49. The SMILES string of the molecule is COC(=O)c1cc(N2CCC(N3CCC(OC)CC3)CC2)c2c(OC(C)C)nn(-c3ccc(F)cc3)c2n1.COC1CCN(C2CCN(c3cc(OS(=O)(=O)C(F)(F)F)nc4c3c(OC(C)C)nn4-c3ccc(F)cc3)CC2)CC1. The number of ether oxygens (including phenoxy) is 5. The summed E-state index contributed by atoms with van der Waals surface area (Å²) in [6.07, 6.45) is 7.83. The molecule has 0 amide bonds. The number of fused-ring (bicyclic) bond motifs is 2. The normalized spacial score (nSPS) is 18.1.